The summed E-state index contributed by atoms with van der Waals surface area (Å²) in [7, 11) is 5.12. The summed E-state index contributed by atoms with van der Waals surface area (Å²) in [6, 6.07) is 0.274. The summed E-state index contributed by atoms with van der Waals surface area (Å²) in [4.78, 5) is 31.5. The minimum atomic E-state index is -0.0337. The number of nitrogens with zero attached hydrogens (tertiary/aromatic N) is 3. The lowest BCUT2D eigenvalue weighted by Gasteiger charge is -2.32. The summed E-state index contributed by atoms with van der Waals surface area (Å²) in [6.45, 7) is 3.79. The highest BCUT2D eigenvalue weighted by molar-refractivity contribution is 14.0. The van der Waals surface area contributed by atoms with Crippen LogP contribution < -0.4 is 16.0 Å². The number of carbonyl (C=O) groups excluding carboxylic acids is 2. The first-order valence-corrected chi connectivity index (χ1v) is 9.77. The molecule has 0 radical (unpaired) electrons. The molecule has 1 unspecified atom stereocenters. The van der Waals surface area contributed by atoms with Crippen molar-refractivity contribution < 1.29 is 14.3 Å². The van der Waals surface area contributed by atoms with E-state index < -0.39 is 0 Å². The number of guanidine groups is 1. The maximum absolute atomic E-state index is 11.9. The monoisotopic (exact) mass is 510 g/mol. The van der Waals surface area contributed by atoms with E-state index in [1.807, 2.05) is 0 Å². The van der Waals surface area contributed by atoms with Crippen LogP contribution in [-0.2, 0) is 14.3 Å². The molecule has 2 saturated heterocycles. The van der Waals surface area contributed by atoms with Gasteiger partial charge >= 0.3 is 0 Å². The zero-order valence-corrected chi connectivity index (χ0v) is 19.5. The lowest BCUT2D eigenvalue weighted by Crippen LogP contribution is -2.51. The Kier molecular flexibility index (Phi) is 11.7. The first kappa shape index (κ1) is 24.9. The molecule has 0 aromatic carbocycles. The number of piperidine rings is 1. The molecule has 9 nitrogen and oxygen atoms in total. The van der Waals surface area contributed by atoms with Crippen molar-refractivity contribution >= 4 is 41.8 Å². The zero-order valence-electron chi connectivity index (χ0n) is 17.2. The molecule has 2 aliphatic rings. The van der Waals surface area contributed by atoms with Crippen molar-refractivity contribution in [2.45, 2.75) is 37.8 Å². The van der Waals surface area contributed by atoms with Gasteiger partial charge in [-0.2, -0.15) is 0 Å². The molecular weight excluding hydrogens is 475 g/mol. The van der Waals surface area contributed by atoms with Crippen LogP contribution >= 0.6 is 24.0 Å². The first-order chi connectivity index (χ1) is 13.0. The highest BCUT2D eigenvalue weighted by atomic mass is 127. The molecule has 0 aromatic rings. The predicted molar refractivity (Wildman–Crippen MR) is 120 cm³/mol. The maximum Gasteiger partial charge on any atom is 0.243 e. The highest BCUT2D eigenvalue weighted by Crippen LogP contribution is 2.11. The number of ether oxygens (including phenoxy) is 1. The number of likely N-dealkylation sites (N-methyl/N-ethyl adjacent to an activating group) is 2. The number of nitrogens with one attached hydrogen (secondary N) is 3. The van der Waals surface area contributed by atoms with E-state index in [-0.39, 0.29) is 54.5 Å². The van der Waals surface area contributed by atoms with Crippen molar-refractivity contribution in [1.82, 2.24) is 25.8 Å². The molecule has 0 bridgehead atoms. The normalized spacial score (nSPS) is 21.0. The van der Waals surface area contributed by atoms with Crippen LogP contribution in [0.5, 0.6) is 0 Å². The Morgan fingerprint density at radius 1 is 1.21 bits per heavy atom. The SMILES string of the molecule is CNC(=O)CN1CCC(NC(=NCC(=O)N(C)C)NCC2CCCO2)CC1.I. The summed E-state index contributed by atoms with van der Waals surface area (Å²) in [5.74, 6) is 0.670. The Labute approximate surface area is 185 Å². The van der Waals surface area contributed by atoms with E-state index in [2.05, 4.69) is 25.8 Å². The largest absolute Gasteiger partial charge is 0.376 e. The third-order valence-corrected chi connectivity index (χ3v) is 4.97. The van der Waals surface area contributed by atoms with Crippen LogP contribution in [0.4, 0.5) is 0 Å². The number of halogens is 1. The summed E-state index contributed by atoms with van der Waals surface area (Å²) in [5.41, 5.74) is 0. The van der Waals surface area contributed by atoms with Crippen LogP contribution in [0.25, 0.3) is 0 Å². The number of hydrogen-bond donors (Lipinski definition) is 3. The van der Waals surface area contributed by atoms with E-state index in [1.165, 1.54) is 0 Å². The summed E-state index contributed by atoms with van der Waals surface area (Å²) < 4.78 is 5.65. The Morgan fingerprint density at radius 2 is 1.93 bits per heavy atom. The van der Waals surface area contributed by atoms with Gasteiger partial charge in [0.25, 0.3) is 0 Å². The molecule has 3 N–H and O–H groups in total. The van der Waals surface area contributed by atoms with Crippen molar-refractivity contribution in [3.63, 3.8) is 0 Å². The Balaban J connectivity index is 0.00000392. The van der Waals surface area contributed by atoms with Crippen molar-refractivity contribution in [2.24, 2.45) is 4.99 Å². The van der Waals surface area contributed by atoms with Crippen molar-refractivity contribution in [3.05, 3.63) is 0 Å². The van der Waals surface area contributed by atoms with Crippen LogP contribution in [0.2, 0.25) is 0 Å². The first-order valence-electron chi connectivity index (χ1n) is 9.77. The maximum atomic E-state index is 11.9. The molecule has 2 amide bonds. The third-order valence-electron chi connectivity index (χ3n) is 4.97. The van der Waals surface area contributed by atoms with E-state index in [9.17, 15) is 9.59 Å². The Morgan fingerprint density at radius 3 is 2.50 bits per heavy atom. The van der Waals surface area contributed by atoms with Gasteiger partial charge in [0.1, 0.15) is 6.54 Å². The van der Waals surface area contributed by atoms with Gasteiger partial charge in [0.15, 0.2) is 5.96 Å². The van der Waals surface area contributed by atoms with Crippen molar-refractivity contribution in [3.8, 4) is 0 Å². The van der Waals surface area contributed by atoms with Crippen LogP contribution in [0.3, 0.4) is 0 Å². The second-order valence-corrected chi connectivity index (χ2v) is 7.34. The molecule has 2 fully saturated rings. The second-order valence-electron chi connectivity index (χ2n) is 7.34. The topological polar surface area (TPSA) is 98.3 Å². The van der Waals surface area contributed by atoms with Crippen molar-refractivity contribution in [2.75, 3.05) is 60.5 Å². The molecule has 0 spiro atoms. The van der Waals surface area contributed by atoms with Crippen LogP contribution in [0.15, 0.2) is 4.99 Å². The summed E-state index contributed by atoms with van der Waals surface area (Å²) >= 11 is 0. The second kappa shape index (κ2) is 13.2. The fourth-order valence-electron chi connectivity index (χ4n) is 3.17. The molecule has 10 heteroatoms. The van der Waals surface area contributed by atoms with E-state index in [0.29, 0.717) is 19.0 Å². The number of likely N-dealkylation sites (tertiary alicyclic amines) is 1. The lowest BCUT2D eigenvalue weighted by molar-refractivity contribution is -0.127. The summed E-state index contributed by atoms with van der Waals surface area (Å²) in [5, 5.41) is 9.43. The molecule has 28 heavy (non-hydrogen) atoms. The zero-order chi connectivity index (χ0) is 19.6. The van der Waals surface area contributed by atoms with Crippen LogP contribution in [0, 0.1) is 0 Å². The molecule has 0 aliphatic carbocycles. The molecular formula is C18H35IN6O3. The van der Waals surface area contributed by atoms with Gasteiger partial charge in [-0.1, -0.05) is 0 Å². The Bertz CT molecular complexity index is 517. The molecule has 2 aliphatic heterocycles. The lowest BCUT2D eigenvalue weighted by atomic mass is 10.1. The van der Waals surface area contributed by atoms with E-state index in [1.54, 1.807) is 26.0 Å². The van der Waals surface area contributed by atoms with Gasteiger partial charge in [-0.25, -0.2) is 4.99 Å². The van der Waals surface area contributed by atoms with Crippen molar-refractivity contribution in [1.29, 1.82) is 0 Å². The van der Waals surface area contributed by atoms with Gasteiger partial charge in [0.2, 0.25) is 11.8 Å². The quantitative estimate of drug-likeness (QED) is 0.246. The molecule has 1 atom stereocenters. The Hall–Kier alpha value is -1.14. The van der Waals surface area contributed by atoms with Gasteiger partial charge in [0.05, 0.1) is 12.6 Å². The molecule has 162 valence electrons. The average Bonchev–Trinajstić information content (AvgIpc) is 3.18. The fourth-order valence-corrected chi connectivity index (χ4v) is 3.17. The van der Waals surface area contributed by atoms with E-state index in [4.69, 9.17) is 4.74 Å². The third kappa shape index (κ3) is 8.91. The molecule has 0 aromatic heterocycles. The number of carbonyl (C=O) groups is 2. The fraction of sp³-hybridized carbons (Fsp3) is 0.833. The molecule has 2 heterocycles. The van der Waals surface area contributed by atoms with Crippen LogP contribution in [0.1, 0.15) is 25.7 Å². The number of rotatable bonds is 7. The molecule has 0 saturated carbocycles. The van der Waals surface area contributed by atoms with Gasteiger partial charge in [-0.15, -0.1) is 24.0 Å². The predicted octanol–water partition coefficient (Wildman–Crippen LogP) is -0.383. The highest BCUT2D eigenvalue weighted by Gasteiger charge is 2.22. The van der Waals surface area contributed by atoms with E-state index in [0.717, 1.165) is 45.4 Å². The van der Waals surface area contributed by atoms with Gasteiger partial charge in [-0.3, -0.25) is 14.5 Å². The average molecular weight is 510 g/mol. The smallest absolute Gasteiger partial charge is 0.243 e. The minimum absolute atomic E-state index is 0. The number of aliphatic imine (C=N–C) groups is 1. The van der Waals surface area contributed by atoms with Gasteiger partial charge in [0, 0.05) is 53.4 Å². The van der Waals surface area contributed by atoms with Crippen LogP contribution in [-0.4, -0.2) is 100 Å². The minimum Gasteiger partial charge on any atom is -0.376 e. The van der Waals surface area contributed by atoms with Gasteiger partial charge < -0.3 is 25.6 Å². The standard InChI is InChI=1S/C18H34N6O3.HI/c1-19-16(25)13-24-8-6-14(7-9-24)22-18(21-12-17(26)23(2)3)20-11-15-5-4-10-27-15;/h14-15H,4-13H2,1-3H3,(H,19,25)(H2,20,21,22);1H. The number of amides is 2. The van der Waals surface area contributed by atoms with E-state index >= 15 is 0 Å². The summed E-state index contributed by atoms with van der Waals surface area (Å²) in [6.07, 6.45) is 4.21. The number of hydrogen-bond acceptors (Lipinski definition) is 5. The van der Waals surface area contributed by atoms with Gasteiger partial charge in [-0.05, 0) is 25.7 Å². The molecule has 2 rings (SSSR count).